The molecule has 0 aliphatic carbocycles. The molecule has 2 N–H and O–H groups in total. The maximum atomic E-state index is 12.1. The van der Waals surface area contributed by atoms with Crippen LogP contribution in [-0.2, 0) is 23.0 Å². The van der Waals surface area contributed by atoms with Gasteiger partial charge in [0, 0.05) is 54.0 Å². The molecule has 1 aliphatic heterocycles. The normalized spacial score (nSPS) is 14.1. The van der Waals surface area contributed by atoms with E-state index >= 15 is 0 Å². The molecule has 7 heteroatoms. The van der Waals surface area contributed by atoms with Gasteiger partial charge in [-0.2, -0.15) is 0 Å². The van der Waals surface area contributed by atoms with Crippen LogP contribution >= 0.6 is 0 Å². The molecule has 0 spiro atoms. The van der Waals surface area contributed by atoms with Crippen molar-refractivity contribution in [1.29, 1.82) is 0 Å². The van der Waals surface area contributed by atoms with E-state index in [1.165, 1.54) is 23.9 Å². The summed E-state index contributed by atoms with van der Waals surface area (Å²) in [5, 5.41) is 0. The number of pyridine rings is 1. The summed E-state index contributed by atoms with van der Waals surface area (Å²) in [6.45, 7) is 7.76. The van der Waals surface area contributed by atoms with Crippen molar-refractivity contribution in [3.63, 3.8) is 0 Å². The van der Waals surface area contributed by atoms with E-state index in [2.05, 4.69) is 38.6 Å². The molecule has 0 saturated heterocycles. The molecule has 4 rings (SSSR count). The zero-order valence-electron chi connectivity index (χ0n) is 17.2. The van der Waals surface area contributed by atoms with Crippen LogP contribution in [0.4, 0.5) is 5.69 Å². The molecule has 29 heavy (non-hydrogen) atoms. The maximum Gasteiger partial charge on any atom is 0.240 e. The number of nitrogens with zero attached hydrogens (tertiary/aromatic N) is 2. The van der Waals surface area contributed by atoms with Gasteiger partial charge in [-0.15, -0.1) is 0 Å². The molecule has 0 saturated carbocycles. The molecule has 1 aromatic carbocycles. The summed E-state index contributed by atoms with van der Waals surface area (Å²) in [7, 11) is -2.00. The van der Waals surface area contributed by atoms with Gasteiger partial charge < -0.3 is 9.88 Å². The summed E-state index contributed by atoms with van der Waals surface area (Å²) in [5.41, 5.74) is 9.04. The number of anilines is 1. The summed E-state index contributed by atoms with van der Waals surface area (Å²) >= 11 is 0. The Labute approximate surface area is 172 Å². The van der Waals surface area contributed by atoms with Gasteiger partial charge in [0.2, 0.25) is 10.0 Å². The van der Waals surface area contributed by atoms with E-state index in [9.17, 15) is 8.42 Å². The average molecular weight is 411 g/mol. The third kappa shape index (κ3) is 3.68. The first-order chi connectivity index (χ1) is 13.8. The molecular formula is C22H26N4O2S. The Morgan fingerprint density at radius 2 is 1.90 bits per heavy atom. The molecule has 6 nitrogen and oxygen atoms in total. The zero-order valence-corrected chi connectivity index (χ0v) is 18.0. The second kappa shape index (κ2) is 7.31. The minimum Gasteiger partial charge on any atom is -0.367 e. The number of sulfonamides is 1. The molecule has 3 aromatic rings. The molecule has 0 bridgehead atoms. The Hall–Kier alpha value is -2.64. The lowest BCUT2D eigenvalue weighted by molar-refractivity contribution is 0.588. The van der Waals surface area contributed by atoms with Gasteiger partial charge in [-0.05, 0) is 74.8 Å². The van der Waals surface area contributed by atoms with Crippen molar-refractivity contribution < 1.29 is 8.42 Å². The number of fused-ring (bicyclic) bond motifs is 1. The minimum atomic E-state index is -3.43. The first-order valence-corrected chi connectivity index (χ1v) is 11.2. The Balaban J connectivity index is 1.62. The van der Waals surface area contributed by atoms with E-state index in [1.807, 2.05) is 26.1 Å². The van der Waals surface area contributed by atoms with Gasteiger partial charge in [-0.3, -0.25) is 4.98 Å². The SMILES string of the molecule is CNS(=O)(=O)c1ccc(N2CCc3[nH]c(-c4cnc(C)cc4C)cc3C2)c(C)c1. The number of hydrogen-bond donors (Lipinski definition) is 2. The van der Waals surface area contributed by atoms with Crippen LogP contribution in [0.2, 0.25) is 0 Å². The second-order valence-electron chi connectivity index (χ2n) is 7.65. The van der Waals surface area contributed by atoms with Crippen LogP contribution in [0.3, 0.4) is 0 Å². The van der Waals surface area contributed by atoms with E-state index in [0.29, 0.717) is 4.90 Å². The lowest BCUT2D eigenvalue weighted by Gasteiger charge is -2.30. The second-order valence-corrected chi connectivity index (χ2v) is 9.54. The highest BCUT2D eigenvalue weighted by molar-refractivity contribution is 7.89. The summed E-state index contributed by atoms with van der Waals surface area (Å²) in [5.74, 6) is 0. The monoisotopic (exact) mass is 410 g/mol. The van der Waals surface area contributed by atoms with Crippen LogP contribution in [0.25, 0.3) is 11.3 Å². The van der Waals surface area contributed by atoms with Gasteiger partial charge in [0.05, 0.1) is 4.90 Å². The van der Waals surface area contributed by atoms with E-state index < -0.39 is 10.0 Å². The molecule has 0 radical (unpaired) electrons. The molecule has 3 heterocycles. The van der Waals surface area contributed by atoms with Gasteiger partial charge in [0.25, 0.3) is 0 Å². The third-order valence-electron chi connectivity index (χ3n) is 5.61. The highest BCUT2D eigenvalue weighted by Gasteiger charge is 2.22. The Morgan fingerprint density at radius 3 is 2.59 bits per heavy atom. The third-order valence-corrected chi connectivity index (χ3v) is 7.02. The number of hydrogen-bond acceptors (Lipinski definition) is 4. The predicted molar refractivity (Wildman–Crippen MR) is 116 cm³/mol. The Kier molecular flexibility index (Phi) is 4.96. The van der Waals surface area contributed by atoms with E-state index in [0.717, 1.165) is 47.7 Å². The number of rotatable bonds is 4. The highest BCUT2D eigenvalue weighted by Crippen LogP contribution is 2.32. The van der Waals surface area contributed by atoms with Crippen LogP contribution in [0.15, 0.2) is 41.4 Å². The van der Waals surface area contributed by atoms with Crippen molar-refractivity contribution in [2.45, 2.75) is 38.6 Å². The first-order valence-electron chi connectivity index (χ1n) is 9.72. The van der Waals surface area contributed by atoms with Crippen LogP contribution < -0.4 is 9.62 Å². The first kappa shape index (κ1) is 19.7. The van der Waals surface area contributed by atoms with Crippen molar-refractivity contribution in [2.75, 3.05) is 18.5 Å². The number of aryl methyl sites for hydroxylation is 3. The number of H-pyrrole nitrogens is 1. The van der Waals surface area contributed by atoms with Crippen LogP contribution in [0, 0.1) is 20.8 Å². The number of aromatic amines is 1. The number of benzene rings is 1. The van der Waals surface area contributed by atoms with Crippen molar-refractivity contribution in [3.05, 3.63) is 64.6 Å². The average Bonchev–Trinajstić information content (AvgIpc) is 3.10. The van der Waals surface area contributed by atoms with Crippen molar-refractivity contribution in [1.82, 2.24) is 14.7 Å². The fourth-order valence-corrected chi connectivity index (χ4v) is 4.85. The smallest absolute Gasteiger partial charge is 0.240 e. The maximum absolute atomic E-state index is 12.1. The summed E-state index contributed by atoms with van der Waals surface area (Å²) in [6.07, 6.45) is 2.86. The highest BCUT2D eigenvalue weighted by atomic mass is 32.2. The summed E-state index contributed by atoms with van der Waals surface area (Å²) in [4.78, 5) is 10.6. The van der Waals surface area contributed by atoms with Gasteiger partial charge >= 0.3 is 0 Å². The Morgan fingerprint density at radius 1 is 1.10 bits per heavy atom. The molecule has 0 atom stereocenters. The van der Waals surface area contributed by atoms with Crippen molar-refractivity contribution >= 4 is 15.7 Å². The minimum absolute atomic E-state index is 0.297. The largest absolute Gasteiger partial charge is 0.367 e. The lowest BCUT2D eigenvalue weighted by atomic mass is 10.0. The van der Waals surface area contributed by atoms with E-state index in [-0.39, 0.29) is 0 Å². The zero-order chi connectivity index (χ0) is 20.8. The van der Waals surface area contributed by atoms with Gasteiger partial charge in [-0.25, -0.2) is 13.1 Å². The molecule has 2 aromatic heterocycles. The van der Waals surface area contributed by atoms with Gasteiger partial charge in [0.15, 0.2) is 0 Å². The van der Waals surface area contributed by atoms with Crippen molar-refractivity contribution in [2.24, 2.45) is 0 Å². The quantitative estimate of drug-likeness (QED) is 0.690. The molecule has 0 unspecified atom stereocenters. The number of aromatic nitrogens is 2. The standard InChI is InChI=1S/C22H26N4O2S/c1-14-9-16(3)24-12-19(14)21-11-17-13-26(8-7-20(17)25-21)22-6-5-18(10-15(22)2)29(27,28)23-4/h5-6,9-12,23,25H,7-8,13H2,1-4H3. The fourth-order valence-electron chi connectivity index (χ4n) is 4.03. The molecule has 0 amide bonds. The van der Waals surface area contributed by atoms with Crippen molar-refractivity contribution in [3.8, 4) is 11.3 Å². The fraction of sp³-hybridized carbons (Fsp3) is 0.318. The molecule has 0 fully saturated rings. The van der Waals surface area contributed by atoms with Gasteiger partial charge in [0.1, 0.15) is 0 Å². The summed E-state index contributed by atoms with van der Waals surface area (Å²) in [6, 6.07) is 9.64. The molecule has 1 aliphatic rings. The van der Waals surface area contributed by atoms with Crippen LogP contribution in [-0.4, -0.2) is 32.0 Å². The van der Waals surface area contributed by atoms with Crippen LogP contribution in [0.1, 0.15) is 28.1 Å². The topological polar surface area (TPSA) is 78.1 Å². The van der Waals surface area contributed by atoms with E-state index in [4.69, 9.17) is 0 Å². The molecular weight excluding hydrogens is 384 g/mol. The lowest BCUT2D eigenvalue weighted by Crippen LogP contribution is -2.30. The molecule has 152 valence electrons. The van der Waals surface area contributed by atoms with E-state index in [1.54, 1.807) is 12.1 Å². The van der Waals surface area contributed by atoms with Crippen LogP contribution in [0.5, 0.6) is 0 Å². The van der Waals surface area contributed by atoms with Gasteiger partial charge in [-0.1, -0.05) is 0 Å². The Bertz CT molecular complexity index is 1180. The number of nitrogens with one attached hydrogen (secondary N) is 2. The predicted octanol–water partition coefficient (Wildman–Crippen LogP) is 3.47. The summed E-state index contributed by atoms with van der Waals surface area (Å²) < 4.78 is 26.5.